The van der Waals surface area contributed by atoms with E-state index in [-0.39, 0.29) is 22.9 Å². The molecular formula is C26H28FN5O3. The van der Waals surface area contributed by atoms with Crippen LogP contribution in [0.25, 0.3) is 10.8 Å². The Hall–Kier alpha value is -3.59. The fourth-order valence-electron chi connectivity index (χ4n) is 4.94. The Morgan fingerprint density at radius 3 is 2.54 bits per heavy atom. The molecule has 1 N–H and O–H groups in total. The van der Waals surface area contributed by atoms with Crippen molar-refractivity contribution >= 4 is 22.6 Å². The predicted octanol–water partition coefficient (Wildman–Crippen LogP) is 1.89. The number of aromatic amines is 1. The van der Waals surface area contributed by atoms with Crippen molar-refractivity contribution in [2.75, 3.05) is 40.3 Å². The lowest BCUT2D eigenvalue weighted by Crippen LogP contribution is -2.56. The first-order chi connectivity index (χ1) is 16.8. The molecule has 2 saturated heterocycles. The minimum absolute atomic E-state index is 0.0176. The van der Waals surface area contributed by atoms with Crippen molar-refractivity contribution in [3.63, 3.8) is 0 Å². The van der Waals surface area contributed by atoms with Crippen molar-refractivity contribution < 1.29 is 14.0 Å². The topological polar surface area (TPSA) is 89.6 Å². The number of likely N-dealkylation sites (tertiary alicyclic amines) is 2. The molecule has 1 aromatic heterocycles. The van der Waals surface area contributed by atoms with Crippen molar-refractivity contribution in [3.8, 4) is 0 Å². The molecule has 0 spiro atoms. The van der Waals surface area contributed by atoms with Crippen LogP contribution in [0.5, 0.6) is 0 Å². The van der Waals surface area contributed by atoms with E-state index in [0.717, 1.165) is 18.4 Å². The summed E-state index contributed by atoms with van der Waals surface area (Å²) in [6, 6.07) is 12.0. The number of H-pyrrole nitrogens is 1. The molecule has 2 fully saturated rings. The van der Waals surface area contributed by atoms with Crippen LogP contribution in [0.2, 0.25) is 0 Å². The number of hydrogen-bond donors (Lipinski definition) is 1. The molecule has 5 rings (SSSR count). The molecule has 0 aliphatic carbocycles. The molecule has 2 amide bonds. The Balaban J connectivity index is 1.27. The van der Waals surface area contributed by atoms with Crippen LogP contribution in [0.15, 0.2) is 47.3 Å². The zero-order valence-electron chi connectivity index (χ0n) is 19.8. The molecule has 0 saturated carbocycles. The van der Waals surface area contributed by atoms with Gasteiger partial charge in [0, 0.05) is 44.0 Å². The summed E-state index contributed by atoms with van der Waals surface area (Å²) in [6.07, 6.45) is 1.28. The summed E-state index contributed by atoms with van der Waals surface area (Å²) in [6.45, 7) is 2.05. The summed E-state index contributed by atoms with van der Waals surface area (Å²) in [7, 11) is 4.03. The average molecular weight is 478 g/mol. The Morgan fingerprint density at radius 2 is 1.83 bits per heavy atom. The lowest BCUT2D eigenvalue weighted by Gasteiger charge is -2.40. The van der Waals surface area contributed by atoms with Crippen molar-refractivity contribution in [2.45, 2.75) is 18.9 Å². The van der Waals surface area contributed by atoms with Gasteiger partial charge in [-0.2, -0.15) is 5.10 Å². The number of halogens is 1. The minimum Gasteiger partial charge on any atom is -0.341 e. The van der Waals surface area contributed by atoms with Crippen molar-refractivity contribution in [1.82, 2.24) is 24.9 Å². The zero-order chi connectivity index (χ0) is 24.7. The first-order valence-electron chi connectivity index (χ1n) is 11.8. The van der Waals surface area contributed by atoms with Gasteiger partial charge in [-0.25, -0.2) is 9.49 Å². The smallest absolute Gasteiger partial charge is 0.272 e. The summed E-state index contributed by atoms with van der Waals surface area (Å²) < 4.78 is 14.6. The molecule has 0 bridgehead atoms. The molecule has 35 heavy (non-hydrogen) atoms. The van der Waals surface area contributed by atoms with E-state index in [1.165, 1.54) is 17.0 Å². The molecule has 0 unspecified atom stereocenters. The van der Waals surface area contributed by atoms with Gasteiger partial charge >= 0.3 is 0 Å². The van der Waals surface area contributed by atoms with Crippen molar-refractivity contribution in [2.24, 2.45) is 5.92 Å². The summed E-state index contributed by atoms with van der Waals surface area (Å²) in [5, 5.41) is 7.92. The Kier molecular flexibility index (Phi) is 6.10. The normalized spacial score (nSPS) is 18.3. The van der Waals surface area contributed by atoms with E-state index in [1.807, 2.05) is 31.1 Å². The maximum Gasteiger partial charge on any atom is 0.272 e. The maximum absolute atomic E-state index is 14.6. The largest absolute Gasteiger partial charge is 0.341 e. The molecular weight excluding hydrogens is 449 g/mol. The van der Waals surface area contributed by atoms with Gasteiger partial charge in [0.15, 0.2) is 0 Å². The number of benzene rings is 2. The van der Waals surface area contributed by atoms with Crippen LogP contribution in [0.4, 0.5) is 4.39 Å². The van der Waals surface area contributed by atoms with Crippen LogP contribution < -0.4 is 5.56 Å². The number of aromatic nitrogens is 2. The molecule has 9 heteroatoms. The van der Waals surface area contributed by atoms with E-state index in [0.29, 0.717) is 48.7 Å². The fourth-order valence-corrected chi connectivity index (χ4v) is 4.94. The minimum atomic E-state index is -0.596. The highest BCUT2D eigenvalue weighted by Gasteiger charge is 2.40. The Morgan fingerprint density at radius 1 is 1.09 bits per heavy atom. The van der Waals surface area contributed by atoms with Crippen LogP contribution in [-0.4, -0.2) is 83.0 Å². The van der Waals surface area contributed by atoms with Crippen LogP contribution in [0, 0.1) is 11.7 Å². The first-order valence-corrected chi connectivity index (χ1v) is 11.8. The van der Waals surface area contributed by atoms with E-state index in [4.69, 9.17) is 0 Å². The number of nitrogens with one attached hydrogen (secondary N) is 1. The average Bonchev–Trinajstić information content (AvgIpc) is 3.32. The number of amides is 2. The quantitative estimate of drug-likeness (QED) is 0.606. The molecule has 2 aromatic carbocycles. The second kappa shape index (κ2) is 9.22. The molecule has 2 aliphatic rings. The van der Waals surface area contributed by atoms with E-state index in [2.05, 4.69) is 15.1 Å². The van der Waals surface area contributed by atoms with Gasteiger partial charge < -0.3 is 14.7 Å². The number of rotatable bonds is 5. The standard InChI is InChI=1S/C26H28FN5O3/c1-30(2)18-9-10-31(15-18)25(34)17-13-32(14-17)26(35)21-11-16(7-8-22(21)27)12-23-19-5-3-4-6-20(19)24(33)29-28-23/h3-8,11,17-18H,9-10,12-15H2,1-2H3,(H,29,33)/t18-/m0/s1. The number of hydrogen-bond acceptors (Lipinski definition) is 5. The number of nitrogens with zero attached hydrogens (tertiary/aromatic N) is 4. The SMILES string of the molecule is CN(C)[C@H]1CCN(C(=O)C2CN(C(=O)c3cc(Cc4n[nH]c(=O)c5ccccc45)ccc3F)C2)C1. The van der Waals surface area contributed by atoms with Gasteiger partial charge in [0.1, 0.15) is 5.82 Å². The molecule has 2 aliphatic heterocycles. The molecule has 0 radical (unpaired) electrons. The Labute approximate surface area is 202 Å². The maximum atomic E-state index is 14.6. The highest BCUT2D eigenvalue weighted by atomic mass is 19.1. The molecule has 182 valence electrons. The van der Waals surface area contributed by atoms with Crippen LogP contribution in [-0.2, 0) is 11.2 Å². The van der Waals surface area contributed by atoms with Gasteiger partial charge in [0.05, 0.1) is 22.6 Å². The zero-order valence-corrected chi connectivity index (χ0v) is 19.8. The Bertz CT molecular complexity index is 1350. The van der Waals surface area contributed by atoms with Crippen molar-refractivity contribution in [1.29, 1.82) is 0 Å². The first kappa shape index (κ1) is 23.2. The summed E-state index contributed by atoms with van der Waals surface area (Å²) in [5.41, 5.74) is 1.06. The predicted molar refractivity (Wildman–Crippen MR) is 130 cm³/mol. The van der Waals surface area contributed by atoms with Gasteiger partial charge in [-0.3, -0.25) is 14.4 Å². The second-order valence-electron chi connectivity index (χ2n) is 9.63. The second-order valence-corrected chi connectivity index (χ2v) is 9.63. The van der Waals surface area contributed by atoms with Gasteiger partial charge in [0.2, 0.25) is 5.91 Å². The third-order valence-electron chi connectivity index (χ3n) is 7.13. The van der Waals surface area contributed by atoms with Gasteiger partial charge in [-0.15, -0.1) is 0 Å². The number of fused-ring (bicyclic) bond motifs is 1. The van der Waals surface area contributed by atoms with E-state index in [1.54, 1.807) is 18.2 Å². The van der Waals surface area contributed by atoms with Gasteiger partial charge in [-0.1, -0.05) is 24.3 Å². The van der Waals surface area contributed by atoms with E-state index >= 15 is 0 Å². The highest BCUT2D eigenvalue weighted by Crippen LogP contribution is 2.26. The number of carbonyl (C=O) groups is 2. The van der Waals surface area contributed by atoms with Crippen LogP contribution in [0.3, 0.4) is 0 Å². The lowest BCUT2D eigenvalue weighted by molar-refractivity contribution is -0.138. The number of likely N-dealkylation sites (N-methyl/N-ethyl adjacent to an activating group) is 1. The summed E-state index contributed by atoms with van der Waals surface area (Å²) >= 11 is 0. The molecule has 3 aromatic rings. The molecule has 8 nitrogen and oxygen atoms in total. The third kappa shape index (κ3) is 4.43. The highest BCUT2D eigenvalue weighted by molar-refractivity contribution is 5.96. The number of carbonyl (C=O) groups excluding carboxylic acids is 2. The van der Waals surface area contributed by atoms with Crippen LogP contribution in [0.1, 0.15) is 28.0 Å². The third-order valence-corrected chi connectivity index (χ3v) is 7.13. The molecule has 3 heterocycles. The summed E-state index contributed by atoms with van der Waals surface area (Å²) in [5.74, 6) is -1.17. The van der Waals surface area contributed by atoms with Crippen molar-refractivity contribution in [3.05, 3.63) is 75.5 Å². The van der Waals surface area contributed by atoms with Gasteiger partial charge in [0.25, 0.3) is 11.5 Å². The summed E-state index contributed by atoms with van der Waals surface area (Å²) in [4.78, 5) is 43.4. The molecule has 1 atom stereocenters. The van der Waals surface area contributed by atoms with Gasteiger partial charge in [-0.05, 0) is 44.3 Å². The van der Waals surface area contributed by atoms with E-state index in [9.17, 15) is 18.8 Å². The fraction of sp³-hybridized carbons (Fsp3) is 0.385. The monoisotopic (exact) mass is 477 g/mol. The van der Waals surface area contributed by atoms with Crippen LogP contribution >= 0.6 is 0 Å². The lowest BCUT2D eigenvalue weighted by atomic mass is 9.96. The van der Waals surface area contributed by atoms with E-state index < -0.39 is 11.7 Å².